The highest BCUT2D eigenvalue weighted by molar-refractivity contribution is 5.96. The summed E-state index contributed by atoms with van der Waals surface area (Å²) >= 11 is 0. The number of carbonyl (C=O) groups is 2. The van der Waals surface area contributed by atoms with Crippen LogP contribution in [0.1, 0.15) is 19.3 Å². The smallest absolute Gasteiger partial charge is 0.352 e. The van der Waals surface area contributed by atoms with Gasteiger partial charge in [-0.2, -0.15) is 0 Å². The Bertz CT molecular complexity index is 282. The number of hydrogen-bond donors (Lipinski definition) is 1. The van der Waals surface area contributed by atoms with Crippen LogP contribution in [0, 0.1) is 0 Å². The first kappa shape index (κ1) is 7.34. The average molecular weight is 167 g/mol. The zero-order chi connectivity index (χ0) is 8.72. The van der Waals surface area contributed by atoms with E-state index in [1.54, 1.807) is 6.08 Å². The van der Waals surface area contributed by atoms with Crippen molar-refractivity contribution in [3.05, 3.63) is 11.8 Å². The van der Waals surface area contributed by atoms with Gasteiger partial charge in [0.25, 0.3) is 0 Å². The highest BCUT2D eigenvalue weighted by Gasteiger charge is 2.41. The van der Waals surface area contributed by atoms with Gasteiger partial charge in [0.05, 0.1) is 0 Å². The molecule has 2 aliphatic heterocycles. The molecule has 4 nitrogen and oxygen atoms in total. The number of carboxylic acid groups (broad SMARTS) is 1. The first-order valence-corrected chi connectivity index (χ1v) is 3.95. The molecule has 0 aliphatic carbocycles. The van der Waals surface area contributed by atoms with E-state index in [0.29, 0.717) is 6.42 Å². The maximum Gasteiger partial charge on any atom is 0.352 e. The van der Waals surface area contributed by atoms with Crippen molar-refractivity contribution in [2.45, 2.75) is 25.3 Å². The van der Waals surface area contributed by atoms with Crippen LogP contribution in [0.2, 0.25) is 0 Å². The van der Waals surface area contributed by atoms with Gasteiger partial charge in [-0.3, -0.25) is 4.79 Å². The molecule has 0 unspecified atom stereocenters. The lowest BCUT2D eigenvalue weighted by Gasteiger charge is -2.42. The molecular formula is C8H9NO3. The van der Waals surface area contributed by atoms with Crippen molar-refractivity contribution < 1.29 is 14.7 Å². The summed E-state index contributed by atoms with van der Waals surface area (Å²) < 4.78 is 0. The van der Waals surface area contributed by atoms with Gasteiger partial charge in [0, 0.05) is 12.5 Å². The number of β-lactam (4-membered cyclic amide) rings is 1. The highest BCUT2D eigenvalue weighted by atomic mass is 16.4. The Morgan fingerprint density at radius 1 is 1.67 bits per heavy atom. The molecule has 0 saturated carbocycles. The zero-order valence-corrected chi connectivity index (χ0v) is 6.49. The molecule has 0 aromatic rings. The van der Waals surface area contributed by atoms with Crippen LogP contribution in [0.3, 0.4) is 0 Å². The highest BCUT2D eigenvalue weighted by Crippen LogP contribution is 2.32. The van der Waals surface area contributed by atoms with E-state index in [4.69, 9.17) is 5.11 Å². The maximum atomic E-state index is 11.0. The van der Waals surface area contributed by atoms with Crippen LogP contribution in [0.5, 0.6) is 0 Å². The standard InChI is InChI=1S/C8H9NO3/c10-7-4-5-2-1-3-6(8(11)12)9(5)7/h3,5H,1-2,4H2,(H,11,12)/t5-/m1/s1. The minimum Gasteiger partial charge on any atom is -0.477 e. The van der Waals surface area contributed by atoms with E-state index in [0.717, 1.165) is 12.8 Å². The number of carbonyl (C=O) groups excluding carboxylic acids is 1. The molecule has 1 fully saturated rings. The molecule has 1 amide bonds. The minimum atomic E-state index is -0.993. The van der Waals surface area contributed by atoms with E-state index >= 15 is 0 Å². The third-order valence-corrected chi connectivity index (χ3v) is 2.36. The lowest BCUT2D eigenvalue weighted by Crippen LogP contribution is -2.54. The monoisotopic (exact) mass is 167 g/mol. The quantitative estimate of drug-likeness (QED) is 0.573. The van der Waals surface area contributed by atoms with E-state index in [2.05, 4.69) is 0 Å². The predicted octanol–water partition coefficient (Wildman–Crippen LogP) is 0.350. The second-order valence-electron chi connectivity index (χ2n) is 3.09. The molecule has 64 valence electrons. The number of hydrogen-bond acceptors (Lipinski definition) is 2. The summed E-state index contributed by atoms with van der Waals surface area (Å²) in [6.07, 6.45) is 3.82. The summed E-state index contributed by atoms with van der Waals surface area (Å²) in [5.74, 6) is -1.05. The van der Waals surface area contributed by atoms with Crippen LogP contribution in [0.25, 0.3) is 0 Å². The van der Waals surface area contributed by atoms with E-state index in [1.165, 1.54) is 4.90 Å². The molecule has 0 aromatic carbocycles. The SMILES string of the molecule is O=C(O)C1=CCC[C@@H]2CC(=O)N12. The fraction of sp³-hybridized carbons (Fsp3) is 0.500. The fourth-order valence-electron chi connectivity index (χ4n) is 1.75. The Kier molecular flexibility index (Phi) is 1.43. The van der Waals surface area contributed by atoms with Gasteiger partial charge in [0.1, 0.15) is 5.70 Å². The van der Waals surface area contributed by atoms with E-state index in [-0.39, 0.29) is 17.6 Å². The van der Waals surface area contributed by atoms with Gasteiger partial charge in [0.2, 0.25) is 5.91 Å². The molecule has 0 aromatic heterocycles. The first-order valence-electron chi connectivity index (χ1n) is 3.95. The van der Waals surface area contributed by atoms with Crippen LogP contribution in [0.15, 0.2) is 11.8 Å². The second kappa shape index (κ2) is 2.33. The number of aliphatic carboxylic acids is 1. The van der Waals surface area contributed by atoms with Crippen LogP contribution < -0.4 is 0 Å². The van der Waals surface area contributed by atoms with Crippen molar-refractivity contribution in [3.8, 4) is 0 Å². The average Bonchev–Trinajstić information content (AvgIpc) is 2.01. The van der Waals surface area contributed by atoms with Crippen molar-refractivity contribution in [2.75, 3.05) is 0 Å². The summed E-state index contributed by atoms with van der Waals surface area (Å²) in [6.45, 7) is 0. The Labute approximate surface area is 69.5 Å². The van der Waals surface area contributed by atoms with Gasteiger partial charge in [-0.15, -0.1) is 0 Å². The molecule has 0 bridgehead atoms. The summed E-state index contributed by atoms with van der Waals surface area (Å²) in [4.78, 5) is 23.0. The minimum absolute atomic E-state index is 0.0617. The Balaban J connectivity index is 2.26. The molecule has 2 heterocycles. The molecule has 0 radical (unpaired) electrons. The van der Waals surface area contributed by atoms with E-state index in [1.807, 2.05) is 0 Å². The van der Waals surface area contributed by atoms with Crippen molar-refractivity contribution in [1.82, 2.24) is 4.90 Å². The number of allylic oxidation sites excluding steroid dienone is 1. The molecule has 12 heavy (non-hydrogen) atoms. The van der Waals surface area contributed by atoms with Crippen molar-refractivity contribution in [1.29, 1.82) is 0 Å². The Morgan fingerprint density at radius 3 is 2.92 bits per heavy atom. The van der Waals surface area contributed by atoms with Crippen LogP contribution in [-0.4, -0.2) is 27.9 Å². The molecule has 1 atom stereocenters. The Hall–Kier alpha value is -1.32. The number of amides is 1. The topological polar surface area (TPSA) is 57.6 Å². The molecule has 2 rings (SSSR count). The van der Waals surface area contributed by atoms with E-state index < -0.39 is 5.97 Å². The largest absolute Gasteiger partial charge is 0.477 e. The van der Waals surface area contributed by atoms with Crippen LogP contribution >= 0.6 is 0 Å². The molecule has 4 heteroatoms. The zero-order valence-electron chi connectivity index (χ0n) is 6.49. The third kappa shape index (κ3) is 0.841. The van der Waals surface area contributed by atoms with E-state index in [9.17, 15) is 9.59 Å². The molecule has 1 N–H and O–H groups in total. The van der Waals surface area contributed by atoms with Gasteiger partial charge in [-0.1, -0.05) is 6.08 Å². The van der Waals surface area contributed by atoms with Gasteiger partial charge < -0.3 is 10.0 Å². The summed E-state index contributed by atoms with van der Waals surface area (Å²) in [7, 11) is 0. The molecule has 1 saturated heterocycles. The van der Waals surface area contributed by atoms with Crippen LogP contribution in [0.4, 0.5) is 0 Å². The normalized spacial score (nSPS) is 27.3. The van der Waals surface area contributed by atoms with Crippen LogP contribution in [-0.2, 0) is 9.59 Å². The van der Waals surface area contributed by atoms with Crippen molar-refractivity contribution in [2.24, 2.45) is 0 Å². The summed E-state index contributed by atoms with van der Waals surface area (Å²) in [5.41, 5.74) is 0.169. The third-order valence-electron chi connectivity index (χ3n) is 2.36. The lowest BCUT2D eigenvalue weighted by molar-refractivity contribution is -0.150. The number of nitrogens with zero attached hydrogens (tertiary/aromatic N) is 1. The van der Waals surface area contributed by atoms with Crippen molar-refractivity contribution >= 4 is 11.9 Å². The summed E-state index contributed by atoms with van der Waals surface area (Å²) in [6, 6.07) is 0.161. The molecular weight excluding hydrogens is 158 g/mol. The predicted molar refractivity (Wildman–Crippen MR) is 40.2 cm³/mol. The van der Waals surface area contributed by atoms with Gasteiger partial charge in [-0.05, 0) is 12.8 Å². The maximum absolute atomic E-state index is 11.0. The van der Waals surface area contributed by atoms with Gasteiger partial charge >= 0.3 is 5.97 Å². The Morgan fingerprint density at radius 2 is 2.42 bits per heavy atom. The molecule has 0 spiro atoms. The number of fused-ring (bicyclic) bond motifs is 1. The lowest BCUT2D eigenvalue weighted by atomic mass is 9.92. The fourth-order valence-corrected chi connectivity index (χ4v) is 1.75. The van der Waals surface area contributed by atoms with Gasteiger partial charge in [-0.25, -0.2) is 4.79 Å². The number of carboxylic acids is 1. The summed E-state index contributed by atoms with van der Waals surface area (Å²) in [5, 5.41) is 8.72. The first-order chi connectivity index (χ1) is 5.70. The van der Waals surface area contributed by atoms with Gasteiger partial charge in [0.15, 0.2) is 0 Å². The number of rotatable bonds is 1. The molecule has 2 aliphatic rings. The second-order valence-corrected chi connectivity index (χ2v) is 3.09. The van der Waals surface area contributed by atoms with Crippen molar-refractivity contribution in [3.63, 3.8) is 0 Å².